The Labute approximate surface area is 100 Å². The van der Waals surface area contributed by atoms with Crippen LogP contribution in [0.15, 0.2) is 0 Å². The van der Waals surface area contributed by atoms with Crippen molar-refractivity contribution in [3.8, 4) is 0 Å². The lowest BCUT2D eigenvalue weighted by Crippen LogP contribution is -2.07. The van der Waals surface area contributed by atoms with E-state index in [1.807, 2.05) is 27.7 Å². The van der Waals surface area contributed by atoms with Crippen molar-refractivity contribution in [1.29, 1.82) is 0 Å². The van der Waals surface area contributed by atoms with E-state index in [4.69, 9.17) is 18.9 Å². The summed E-state index contributed by atoms with van der Waals surface area (Å²) in [6, 6.07) is 0. The van der Waals surface area contributed by atoms with Crippen molar-refractivity contribution >= 4 is 0 Å². The van der Waals surface area contributed by atoms with Gasteiger partial charge in [-0.3, -0.25) is 0 Å². The molecule has 4 nitrogen and oxygen atoms in total. The second kappa shape index (κ2) is 14.8. The second-order valence-corrected chi connectivity index (χ2v) is 3.82. The number of hydrogen-bond acceptors (Lipinski definition) is 4. The van der Waals surface area contributed by atoms with Gasteiger partial charge in [0.15, 0.2) is 0 Å². The fourth-order valence-electron chi connectivity index (χ4n) is 0.734. The van der Waals surface area contributed by atoms with Gasteiger partial charge in [-0.05, 0) is 27.7 Å². The van der Waals surface area contributed by atoms with Crippen LogP contribution in [0.5, 0.6) is 0 Å². The highest BCUT2D eigenvalue weighted by atomic mass is 16.5. The van der Waals surface area contributed by atoms with Gasteiger partial charge in [0, 0.05) is 14.2 Å². The molecule has 0 saturated carbocycles. The van der Waals surface area contributed by atoms with Crippen molar-refractivity contribution < 1.29 is 18.9 Å². The average Bonchev–Trinajstić information content (AvgIpc) is 2.18. The number of methoxy groups -OCH3 is 2. The first-order chi connectivity index (χ1) is 7.54. The van der Waals surface area contributed by atoms with E-state index in [1.54, 1.807) is 14.2 Å². The van der Waals surface area contributed by atoms with Crippen LogP contribution in [0.25, 0.3) is 0 Å². The third-order valence-electron chi connectivity index (χ3n) is 1.48. The molecule has 100 valence electrons. The summed E-state index contributed by atoms with van der Waals surface area (Å²) < 4.78 is 19.8. The molecular weight excluding hydrogens is 208 g/mol. The summed E-state index contributed by atoms with van der Waals surface area (Å²) >= 11 is 0. The lowest BCUT2D eigenvalue weighted by molar-refractivity contribution is 0.0351. The Morgan fingerprint density at radius 2 is 0.938 bits per heavy atom. The standard InChI is InChI=1S/2C6H14O2/c2*1-6(2)8-5-4-7-3/h2*6H,4-5H2,1-3H3. The zero-order chi connectivity index (χ0) is 12.8. The molecule has 0 rings (SSSR count). The molecule has 0 fully saturated rings. The van der Waals surface area contributed by atoms with Crippen LogP contribution >= 0.6 is 0 Å². The van der Waals surface area contributed by atoms with E-state index < -0.39 is 0 Å². The average molecular weight is 236 g/mol. The predicted octanol–water partition coefficient (Wildman–Crippen LogP) is 2.12. The quantitative estimate of drug-likeness (QED) is 0.605. The number of rotatable bonds is 8. The van der Waals surface area contributed by atoms with Crippen LogP contribution in [0.3, 0.4) is 0 Å². The van der Waals surface area contributed by atoms with E-state index in [0.29, 0.717) is 38.6 Å². The highest BCUT2D eigenvalue weighted by molar-refractivity contribution is 4.35. The molecule has 0 heterocycles. The van der Waals surface area contributed by atoms with Crippen molar-refractivity contribution in [2.75, 3.05) is 40.6 Å². The molecule has 0 unspecified atom stereocenters. The summed E-state index contributed by atoms with van der Waals surface area (Å²) in [5, 5.41) is 0. The van der Waals surface area contributed by atoms with Gasteiger partial charge in [-0.15, -0.1) is 0 Å². The van der Waals surface area contributed by atoms with Crippen LogP contribution < -0.4 is 0 Å². The normalized spacial score (nSPS) is 10.5. The van der Waals surface area contributed by atoms with Gasteiger partial charge in [-0.2, -0.15) is 0 Å². The van der Waals surface area contributed by atoms with E-state index in [9.17, 15) is 0 Å². The molecule has 0 aliphatic carbocycles. The Hall–Kier alpha value is -0.160. The van der Waals surface area contributed by atoms with Gasteiger partial charge < -0.3 is 18.9 Å². The third-order valence-corrected chi connectivity index (χ3v) is 1.48. The van der Waals surface area contributed by atoms with E-state index in [0.717, 1.165) is 0 Å². The smallest absolute Gasteiger partial charge is 0.0703 e. The van der Waals surface area contributed by atoms with Crippen LogP contribution in [0.2, 0.25) is 0 Å². The van der Waals surface area contributed by atoms with E-state index in [1.165, 1.54) is 0 Å². The molecule has 0 atom stereocenters. The molecule has 0 aromatic heterocycles. The lowest BCUT2D eigenvalue weighted by Gasteiger charge is -2.04. The molecule has 0 spiro atoms. The molecule has 4 heteroatoms. The molecule has 16 heavy (non-hydrogen) atoms. The molecule has 0 radical (unpaired) electrons. The fourth-order valence-corrected chi connectivity index (χ4v) is 0.734. The Balaban J connectivity index is 0. The monoisotopic (exact) mass is 236 g/mol. The molecule has 0 aliphatic rings. The molecule has 0 aromatic carbocycles. The Morgan fingerprint density at radius 1 is 0.625 bits per heavy atom. The molecule has 0 N–H and O–H groups in total. The minimum absolute atomic E-state index is 0.324. The SMILES string of the molecule is COCCOC(C)C.COCCOC(C)C. The van der Waals surface area contributed by atoms with Crippen LogP contribution in [0.1, 0.15) is 27.7 Å². The van der Waals surface area contributed by atoms with Crippen molar-refractivity contribution in [3.63, 3.8) is 0 Å². The maximum Gasteiger partial charge on any atom is 0.0703 e. The summed E-state index contributed by atoms with van der Waals surface area (Å²) in [7, 11) is 3.34. The highest BCUT2D eigenvalue weighted by Crippen LogP contribution is 1.85. The van der Waals surface area contributed by atoms with Crippen LogP contribution in [-0.2, 0) is 18.9 Å². The van der Waals surface area contributed by atoms with Gasteiger partial charge in [-0.1, -0.05) is 0 Å². The molecule has 0 bridgehead atoms. The first kappa shape index (κ1) is 18.2. The molecular formula is C12H28O4. The minimum atomic E-state index is 0.324. The maximum atomic E-state index is 5.16. The van der Waals surface area contributed by atoms with E-state index in [2.05, 4.69) is 0 Å². The van der Waals surface area contributed by atoms with Gasteiger partial charge in [0.1, 0.15) is 0 Å². The lowest BCUT2D eigenvalue weighted by atomic mass is 10.5. The Morgan fingerprint density at radius 3 is 1.12 bits per heavy atom. The Bertz CT molecular complexity index is 102. The predicted molar refractivity (Wildman–Crippen MR) is 65.9 cm³/mol. The zero-order valence-electron chi connectivity index (χ0n) is 11.6. The molecule has 0 aromatic rings. The van der Waals surface area contributed by atoms with Crippen molar-refractivity contribution in [2.24, 2.45) is 0 Å². The maximum absolute atomic E-state index is 5.16. The summed E-state index contributed by atoms with van der Waals surface area (Å²) in [6.07, 6.45) is 0.648. The summed E-state index contributed by atoms with van der Waals surface area (Å²) in [5.74, 6) is 0. The summed E-state index contributed by atoms with van der Waals surface area (Å²) in [5.41, 5.74) is 0. The first-order valence-corrected chi connectivity index (χ1v) is 5.75. The minimum Gasteiger partial charge on any atom is -0.382 e. The molecule has 0 amide bonds. The summed E-state index contributed by atoms with van der Waals surface area (Å²) in [4.78, 5) is 0. The van der Waals surface area contributed by atoms with E-state index >= 15 is 0 Å². The van der Waals surface area contributed by atoms with Crippen molar-refractivity contribution in [1.82, 2.24) is 0 Å². The third kappa shape index (κ3) is 23.6. The molecule has 0 aliphatic heterocycles. The van der Waals surface area contributed by atoms with Crippen LogP contribution in [-0.4, -0.2) is 52.9 Å². The second-order valence-electron chi connectivity index (χ2n) is 3.82. The van der Waals surface area contributed by atoms with Gasteiger partial charge in [0.05, 0.1) is 38.6 Å². The largest absolute Gasteiger partial charge is 0.382 e. The van der Waals surface area contributed by atoms with Gasteiger partial charge >= 0.3 is 0 Å². The van der Waals surface area contributed by atoms with Crippen molar-refractivity contribution in [3.05, 3.63) is 0 Å². The molecule has 0 saturated heterocycles. The fraction of sp³-hybridized carbons (Fsp3) is 1.00. The zero-order valence-corrected chi connectivity index (χ0v) is 11.6. The number of ether oxygens (including phenoxy) is 4. The van der Waals surface area contributed by atoms with Crippen molar-refractivity contribution in [2.45, 2.75) is 39.9 Å². The number of hydrogen-bond donors (Lipinski definition) is 0. The highest BCUT2D eigenvalue weighted by Gasteiger charge is 1.89. The van der Waals surface area contributed by atoms with Crippen LogP contribution in [0.4, 0.5) is 0 Å². The van der Waals surface area contributed by atoms with Gasteiger partial charge in [-0.25, -0.2) is 0 Å². The topological polar surface area (TPSA) is 36.9 Å². The van der Waals surface area contributed by atoms with Gasteiger partial charge in [0.2, 0.25) is 0 Å². The van der Waals surface area contributed by atoms with E-state index in [-0.39, 0.29) is 0 Å². The van der Waals surface area contributed by atoms with Gasteiger partial charge in [0.25, 0.3) is 0 Å². The van der Waals surface area contributed by atoms with Crippen LogP contribution in [0, 0.1) is 0 Å². The Kier molecular flexibility index (Phi) is 16.9. The first-order valence-electron chi connectivity index (χ1n) is 5.75. The summed E-state index contributed by atoms with van der Waals surface area (Å²) in [6.45, 7) is 10.8.